The third kappa shape index (κ3) is 4.65. The third-order valence-corrected chi connectivity index (χ3v) is 4.30. The quantitative estimate of drug-likeness (QED) is 0.625. The summed E-state index contributed by atoms with van der Waals surface area (Å²) in [7, 11) is 0. The summed E-state index contributed by atoms with van der Waals surface area (Å²) in [5.41, 5.74) is 0.979. The molecule has 1 saturated heterocycles. The molecule has 5 nitrogen and oxygen atoms in total. The summed E-state index contributed by atoms with van der Waals surface area (Å²) in [4.78, 5) is 19.1. The molecule has 22 heavy (non-hydrogen) atoms. The number of aliphatic hydroxyl groups is 1. The van der Waals surface area contributed by atoms with Gasteiger partial charge in [-0.3, -0.25) is 14.7 Å². The van der Waals surface area contributed by atoms with Crippen LogP contribution in [0.4, 0.5) is 0 Å². The lowest BCUT2D eigenvalue weighted by Crippen LogP contribution is -2.37. The van der Waals surface area contributed by atoms with Crippen molar-refractivity contribution >= 4 is 11.5 Å². The first-order valence-electron chi connectivity index (χ1n) is 8.16. The molecular weight excluding hydrogens is 280 g/mol. The van der Waals surface area contributed by atoms with Crippen LogP contribution in [-0.4, -0.2) is 60.9 Å². The van der Waals surface area contributed by atoms with Crippen LogP contribution in [0, 0.1) is 5.41 Å². The number of allylic oxidation sites excluding steroid dienone is 2. The van der Waals surface area contributed by atoms with Crippen LogP contribution >= 0.6 is 0 Å². The van der Waals surface area contributed by atoms with E-state index in [4.69, 9.17) is 4.74 Å². The van der Waals surface area contributed by atoms with Crippen molar-refractivity contribution in [2.24, 2.45) is 10.4 Å². The number of ether oxygens (including phenoxy) is 1. The van der Waals surface area contributed by atoms with E-state index >= 15 is 0 Å². The van der Waals surface area contributed by atoms with Crippen LogP contribution in [0.3, 0.4) is 0 Å². The first-order chi connectivity index (χ1) is 10.4. The second kappa shape index (κ2) is 7.38. The van der Waals surface area contributed by atoms with Gasteiger partial charge in [0.1, 0.15) is 5.76 Å². The summed E-state index contributed by atoms with van der Waals surface area (Å²) in [6.07, 6.45) is 1.99. The van der Waals surface area contributed by atoms with Gasteiger partial charge in [0, 0.05) is 44.7 Å². The molecule has 1 N–H and O–H groups in total. The van der Waals surface area contributed by atoms with Crippen LogP contribution in [0.2, 0.25) is 0 Å². The highest BCUT2D eigenvalue weighted by Gasteiger charge is 2.33. The zero-order valence-electron chi connectivity index (χ0n) is 14.0. The lowest BCUT2D eigenvalue weighted by Gasteiger charge is -2.29. The normalized spacial score (nSPS) is 24.0. The fourth-order valence-corrected chi connectivity index (χ4v) is 3.14. The van der Waals surface area contributed by atoms with Crippen molar-refractivity contribution in [2.45, 2.75) is 40.0 Å². The lowest BCUT2D eigenvalue weighted by molar-refractivity contribution is -0.117. The number of aliphatic imine (C=N–C) groups is 1. The van der Waals surface area contributed by atoms with Crippen molar-refractivity contribution in [3.8, 4) is 0 Å². The summed E-state index contributed by atoms with van der Waals surface area (Å²) < 4.78 is 5.32. The molecule has 0 atom stereocenters. The maximum absolute atomic E-state index is 12.2. The average molecular weight is 308 g/mol. The molecule has 1 fully saturated rings. The zero-order chi connectivity index (χ0) is 16.2. The Labute approximate surface area is 133 Å². The van der Waals surface area contributed by atoms with E-state index in [0.29, 0.717) is 30.7 Å². The Morgan fingerprint density at radius 3 is 2.64 bits per heavy atom. The highest BCUT2D eigenvalue weighted by atomic mass is 16.5. The number of nitrogens with zero attached hydrogens (tertiary/aromatic N) is 2. The van der Waals surface area contributed by atoms with Crippen molar-refractivity contribution in [3.63, 3.8) is 0 Å². The van der Waals surface area contributed by atoms with E-state index in [0.717, 1.165) is 39.3 Å². The molecule has 2 aliphatic rings. The predicted octanol–water partition coefficient (Wildman–Crippen LogP) is 2.37. The summed E-state index contributed by atoms with van der Waals surface area (Å²) in [6.45, 7) is 11.1. The van der Waals surface area contributed by atoms with Gasteiger partial charge >= 0.3 is 0 Å². The highest BCUT2D eigenvalue weighted by molar-refractivity contribution is 6.22. The molecule has 0 radical (unpaired) electrons. The number of aliphatic hydroxyl groups excluding tert-OH is 1. The Morgan fingerprint density at radius 1 is 1.32 bits per heavy atom. The Kier molecular flexibility index (Phi) is 5.75. The van der Waals surface area contributed by atoms with E-state index in [2.05, 4.69) is 9.89 Å². The second-order valence-corrected chi connectivity index (χ2v) is 7.04. The Hall–Kier alpha value is -1.20. The van der Waals surface area contributed by atoms with Gasteiger partial charge in [-0.25, -0.2) is 0 Å². The number of Topliss-reactive ketones (excluding diaryl/α,β-unsaturated/α-hetero) is 1. The molecule has 1 aliphatic heterocycles. The molecule has 0 aromatic heterocycles. The molecule has 0 bridgehead atoms. The first-order valence-corrected chi connectivity index (χ1v) is 8.16. The predicted molar refractivity (Wildman–Crippen MR) is 87.5 cm³/mol. The van der Waals surface area contributed by atoms with E-state index in [1.54, 1.807) is 0 Å². The number of hydrogen-bond donors (Lipinski definition) is 1. The average Bonchev–Trinajstić information content (AvgIpc) is 2.42. The van der Waals surface area contributed by atoms with Crippen molar-refractivity contribution in [3.05, 3.63) is 11.3 Å². The zero-order valence-corrected chi connectivity index (χ0v) is 14.0. The first kappa shape index (κ1) is 17.2. The standard InChI is InChI=1S/C17H28N2O3/c1-13(16-14(20)11-17(2,3)12-15(16)21)18-5-4-6-19-7-9-22-10-8-19/h20H,4-12H2,1-3H3. The van der Waals surface area contributed by atoms with Gasteiger partial charge in [-0.2, -0.15) is 0 Å². The van der Waals surface area contributed by atoms with Gasteiger partial charge in [0.15, 0.2) is 5.78 Å². The molecule has 2 rings (SSSR count). The summed E-state index contributed by atoms with van der Waals surface area (Å²) in [5.74, 6) is 0.221. The van der Waals surface area contributed by atoms with Crippen molar-refractivity contribution in [1.29, 1.82) is 0 Å². The molecular formula is C17H28N2O3. The van der Waals surface area contributed by atoms with Gasteiger partial charge in [-0.15, -0.1) is 0 Å². The second-order valence-electron chi connectivity index (χ2n) is 7.04. The fourth-order valence-electron chi connectivity index (χ4n) is 3.14. The van der Waals surface area contributed by atoms with Crippen LogP contribution in [0.25, 0.3) is 0 Å². The van der Waals surface area contributed by atoms with Crippen molar-refractivity contribution < 1.29 is 14.6 Å². The van der Waals surface area contributed by atoms with Gasteiger partial charge in [0.2, 0.25) is 0 Å². The Morgan fingerprint density at radius 2 is 2.00 bits per heavy atom. The van der Waals surface area contributed by atoms with Gasteiger partial charge in [0.25, 0.3) is 0 Å². The van der Waals surface area contributed by atoms with Crippen LogP contribution in [-0.2, 0) is 9.53 Å². The number of rotatable bonds is 5. The number of hydrogen-bond acceptors (Lipinski definition) is 5. The minimum atomic E-state index is -0.152. The molecule has 1 aliphatic carbocycles. The smallest absolute Gasteiger partial charge is 0.168 e. The van der Waals surface area contributed by atoms with Gasteiger partial charge in [-0.1, -0.05) is 13.8 Å². The van der Waals surface area contributed by atoms with Gasteiger partial charge in [-0.05, 0) is 18.8 Å². The largest absolute Gasteiger partial charge is 0.511 e. The molecule has 0 aromatic rings. The lowest BCUT2D eigenvalue weighted by atomic mass is 9.76. The van der Waals surface area contributed by atoms with E-state index in [1.807, 2.05) is 20.8 Å². The van der Waals surface area contributed by atoms with Gasteiger partial charge < -0.3 is 9.84 Å². The molecule has 5 heteroatoms. The number of carbonyl (C=O) groups is 1. The monoisotopic (exact) mass is 308 g/mol. The third-order valence-electron chi connectivity index (χ3n) is 4.30. The van der Waals surface area contributed by atoms with Crippen LogP contribution in [0.1, 0.15) is 40.0 Å². The molecule has 0 spiro atoms. The van der Waals surface area contributed by atoms with Gasteiger partial charge in [0.05, 0.1) is 18.8 Å². The Bertz CT molecular complexity index is 474. The van der Waals surface area contributed by atoms with E-state index in [9.17, 15) is 9.90 Å². The topological polar surface area (TPSA) is 62.1 Å². The molecule has 124 valence electrons. The molecule has 0 aromatic carbocycles. The van der Waals surface area contributed by atoms with Crippen LogP contribution in [0.5, 0.6) is 0 Å². The summed E-state index contributed by atoms with van der Waals surface area (Å²) in [6, 6.07) is 0. The minimum absolute atomic E-state index is 0.0168. The fraction of sp³-hybridized carbons (Fsp3) is 0.765. The van der Waals surface area contributed by atoms with E-state index < -0.39 is 0 Å². The number of ketones is 1. The maximum atomic E-state index is 12.2. The van der Waals surface area contributed by atoms with Crippen molar-refractivity contribution in [1.82, 2.24) is 4.90 Å². The summed E-state index contributed by atoms with van der Waals surface area (Å²) >= 11 is 0. The molecule has 0 saturated carbocycles. The van der Waals surface area contributed by atoms with Crippen LogP contribution in [0.15, 0.2) is 16.3 Å². The van der Waals surface area contributed by atoms with E-state index in [1.165, 1.54) is 0 Å². The maximum Gasteiger partial charge on any atom is 0.168 e. The highest BCUT2D eigenvalue weighted by Crippen LogP contribution is 2.36. The number of carbonyl (C=O) groups excluding carboxylic acids is 1. The Balaban J connectivity index is 1.87. The van der Waals surface area contributed by atoms with E-state index in [-0.39, 0.29) is 17.0 Å². The minimum Gasteiger partial charge on any atom is -0.511 e. The SMILES string of the molecule is CC(=NCCCN1CCOCC1)C1=C(O)CC(C)(C)CC1=O. The molecule has 1 heterocycles. The van der Waals surface area contributed by atoms with Crippen molar-refractivity contribution in [2.75, 3.05) is 39.4 Å². The summed E-state index contributed by atoms with van der Waals surface area (Å²) in [5, 5.41) is 10.2. The molecule has 0 amide bonds. The number of morpholine rings is 1. The molecule has 0 unspecified atom stereocenters. The van der Waals surface area contributed by atoms with Crippen LogP contribution < -0.4 is 0 Å².